The van der Waals surface area contributed by atoms with Gasteiger partial charge in [-0.3, -0.25) is 14.5 Å². The Kier molecular flexibility index (Phi) is 2.79. The summed E-state index contributed by atoms with van der Waals surface area (Å²) < 4.78 is 0. The van der Waals surface area contributed by atoms with Gasteiger partial charge in [0, 0.05) is 12.1 Å². The fraction of sp³-hybridized carbons (Fsp3) is 0.250. The van der Waals surface area contributed by atoms with Crippen molar-refractivity contribution in [3.05, 3.63) is 29.8 Å². The monoisotopic (exact) mass is 229 g/mol. The number of anilines is 1. The highest BCUT2D eigenvalue weighted by Crippen LogP contribution is 2.26. The van der Waals surface area contributed by atoms with Crippen LogP contribution in [0.2, 0.25) is 0 Å². The minimum atomic E-state index is -0.601. The molecule has 5 heteroatoms. The molecule has 1 saturated heterocycles. The number of hydrogen-bond donors (Lipinski definition) is 1. The van der Waals surface area contributed by atoms with Crippen molar-refractivity contribution in [3.8, 4) is 6.07 Å². The average Bonchev–Trinajstić information content (AvgIpc) is 2.71. The second-order valence-electron chi connectivity index (χ2n) is 3.88. The maximum Gasteiger partial charge on any atom is 0.240 e. The van der Waals surface area contributed by atoms with Gasteiger partial charge in [-0.05, 0) is 24.6 Å². The lowest BCUT2D eigenvalue weighted by Gasteiger charge is -2.22. The fourth-order valence-corrected chi connectivity index (χ4v) is 2.00. The molecule has 1 fully saturated rings. The lowest BCUT2D eigenvalue weighted by Crippen LogP contribution is -2.42. The second kappa shape index (κ2) is 4.26. The van der Waals surface area contributed by atoms with Crippen LogP contribution in [0.3, 0.4) is 0 Å². The number of carbonyl (C=O) groups is 2. The summed E-state index contributed by atoms with van der Waals surface area (Å²) in [4.78, 5) is 24.4. The second-order valence-corrected chi connectivity index (χ2v) is 3.88. The van der Waals surface area contributed by atoms with Gasteiger partial charge in [0.05, 0.1) is 11.6 Å². The lowest BCUT2D eigenvalue weighted by molar-refractivity contribution is -0.121. The fourth-order valence-electron chi connectivity index (χ4n) is 2.00. The van der Waals surface area contributed by atoms with Crippen molar-refractivity contribution in [2.75, 3.05) is 4.90 Å². The van der Waals surface area contributed by atoms with Crippen molar-refractivity contribution in [2.45, 2.75) is 18.9 Å². The van der Waals surface area contributed by atoms with E-state index >= 15 is 0 Å². The van der Waals surface area contributed by atoms with Crippen LogP contribution >= 0.6 is 0 Å². The van der Waals surface area contributed by atoms with Crippen molar-refractivity contribution in [2.24, 2.45) is 5.73 Å². The van der Waals surface area contributed by atoms with Crippen LogP contribution in [0.15, 0.2) is 24.3 Å². The van der Waals surface area contributed by atoms with E-state index in [-0.39, 0.29) is 5.91 Å². The van der Waals surface area contributed by atoms with Crippen LogP contribution in [-0.4, -0.2) is 17.9 Å². The lowest BCUT2D eigenvalue weighted by atomic mass is 10.1. The first-order valence-electron chi connectivity index (χ1n) is 5.25. The van der Waals surface area contributed by atoms with Crippen LogP contribution in [0.4, 0.5) is 5.69 Å². The Morgan fingerprint density at radius 1 is 1.53 bits per heavy atom. The largest absolute Gasteiger partial charge is 0.368 e. The molecule has 0 radical (unpaired) electrons. The van der Waals surface area contributed by atoms with E-state index in [9.17, 15) is 9.59 Å². The highest BCUT2D eigenvalue weighted by Gasteiger charge is 2.35. The van der Waals surface area contributed by atoms with Gasteiger partial charge >= 0.3 is 0 Å². The number of nitrogens with zero attached hydrogens (tertiary/aromatic N) is 2. The number of hydrogen-bond acceptors (Lipinski definition) is 3. The topological polar surface area (TPSA) is 87.2 Å². The smallest absolute Gasteiger partial charge is 0.240 e. The van der Waals surface area contributed by atoms with Gasteiger partial charge in [0.25, 0.3) is 0 Å². The Morgan fingerprint density at radius 2 is 2.29 bits per heavy atom. The first kappa shape index (κ1) is 11.1. The number of benzene rings is 1. The van der Waals surface area contributed by atoms with Crippen molar-refractivity contribution in [1.29, 1.82) is 5.26 Å². The number of primary amides is 1. The Morgan fingerprint density at radius 3 is 2.94 bits per heavy atom. The molecule has 1 aromatic carbocycles. The van der Waals surface area contributed by atoms with Gasteiger partial charge in [-0.1, -0.05) is 6.07 Å². The zero-order chi connectivity index (χ0) is 12.4. The van der Waals surface area contributed by atoms with Crippen LogP contribution < -0.4 is 10.6 Å². The molecule has 0 bridgehead atoms. The number of carbonyl (C=O) groups excluding carboxylic acids is 2. The van der Waals surface area contributed by atoms with Crippen LogP contribution in [0.5, 0.6) is 0 Å². The molecular formula is C12H11N3O2. The standard InChI is InChI=1S/C12H11N3O2/c13-7-8-2-1-3-9(6-8)15-10(12(14)17)4-5-11(15)16/h1-3,6,10H,4-5H2,(H2,14,17). The van der Waals surface area contributed by atoms with Gasteiger partial charge in [-0.15, -0.1) is 0 Å². The van der Waals surface area contributed by atoms with E-state index in [4.69, 9.17) is 11.0 Å². The number of nitriles is 1. The molecule has 1 unspecified atom stereocenters. The summed E-state index contributed by atoms with van der Waals surface area (Å²) in [7, 11) is 0. The molecular weight excluding hydrogens is 218 g/mol. The molecule has 5 nitrogen and oxygen atoms in total. The molecule has 86 valence electrons. The van der Waals surface area contributed by atoms with Crippen molar-refractivity contribution >= 4 is 17.5 Å². The van der Waals surface area contributed by atoms with E-state index in [0.29, 0.717) is 24.1 Å². The third-order valence-corrected chi connectivity index (χ3v) is 2.79. The third-order valence-electron chi connectivity index (χ3n) is 2.79. The van der Waals surface area contributed by atoms with Crippen molar-refractivity contribution in [3.63, 3.8) is 0 Å². The van der Waals surface area contributed by atoms with Gasteiger partial charge in [0.15, 0.2) is 0 Å². The van der Waals surface area contributed by atoms with Crippen LogP contribution in [-0.2, 0) is 9.59 Å². The van der Waals surface area contributed by atoms with Gasteiger partial charge in [0.2, 0.25) is 11.8 Å². The highest BCUT2D eigenvalue weighted by atomic mass is 16.2. The van der Waals surface area contributed by atoms with E-state index in [1.54, 1.807) is 24.3 Å². The first-order valence-corrected chi connectivity index (χ1v) is 5.25. The SMILES string of the molecule is N#Cc1cccc(N2C(=O)CCC2C(N)=O)c1. The molecule has 1 aliphatic heterocycles. The van der Waals surface area contributed by atoms with Gasteiger partial charge in [-0.25, -0.2) is 0 Å². The first-order chi connectivity index (χ1) is 8.13. The molecule has 17 heavy (non-hydrogen) atoms. The van der Waals surface area contributed by atoms with Gasteiger partial charge < -0.3 is 5.73 Å². The highest BCUT2D eigenvalue weighted by molar-refractivity contribution is 6.03. The van der Waals surface area contributed by atoms with Gasteiger partial charge in [0.1, 0.15) is 6.04 Å². The zero-order valence-corrected chi connectivity index (χ0v) is 9.09. The average molecular weight is 229 g/mol. The minimum Gasteiger partial charge on any atom is -0.368 e. The molecule has 2 amide bonds. The Bertz CT molecular complexity index is 519. The van der Waals surface area contributed by atoms with Crippen molar-refractivity contribution in [1.82, 2.24) is 0 Å². The van der Waals surface area contributed by atoms with E-state index in [2.05, 4.69) is 0 Å². The maximum atomic E-state index is 11.7. The summed E-state index contributed by atoms with van der Waals surface area (Å²) in [6, 6.07) is 7.99. The van der Waals surface area contributed by atoms with E-state index in [1.807, 2.05) is 6.07 Å². The molecule has 2 rings (SSSR count). The number of amides is 2. The molecule has 0 aliphatic carbocycles. The Hall–Kier alpha value is -2.35. The summed E-state index contributed by atoms with van der Waals surface area (Å²) in [6.45, 7) is 0. The predicted octanol–water partition coefficient (Wildman–Crippen LogP) is 0.539. The molecule has 2 N–H and O–H groups in total. The molecule has 0 saturated carbocycles. The van der Waals surface area contributed by atoms with Crippen LogP contribution in [0.1, 0.15) is 18.4 Å². The normalized spacial score (nSPS) is 19.1. The molecule has 1 atom stereocenters. The van der Waals surface area contributed by atoms with Gasteiger partial charge in [-0.2, -0.15) is 5.26 Å². The van der Waals surface area contributed by atoms with E-state index in [1.165, 1.54) is 4.90 Å². The molecule has 1 aliphatic rings. The summed E-state index contributed by atoms with van der Waals surface area (Å²) >= 11 is 0. The predicted molar refractivity (Wildman–Crippen MR) is 60.9 cm³/mol. The van der Waals surface area contributed by atoms with E-state index < -0.39 is 11.9 Å². The third kappa shape index (κ3) is 1.97. The molecule has 0 spiro atoms. The maximum absolute atomic E-state index is 11.7. The Labute approximate surface area is 98.4 Å². The quantitative estimate of drug-likeness (QED) is 0.802. The van der Waals surface area contributed by atoms with Crippen LogP contribution in [0.25, 0.3) is 0 Å². The summed E-state index contributed by atoms with van der Waals surface area (Å²) in [5.74, 6) is -0.651. The minimum absolute atomic E-state index is 0.135. The van der Waals surface area contributed by atoms with E-state index in [0.717, 1.165) is 0 Å². The molecule has 1 heterocycles. The summed E-state index contributed by atoms with van der Waals surface area (Å²) in [5.41, 5.74) is 6.26. The number of nitrogens with two attached hydrogens (primary N) is 1. The molecule has 1 aromatic rings. The summed E-state index contributed by atoms with van der Waals surface area (Å²) in [6.07, 6.45) is 0.745. The molecule has 0 aromatic heterocycles. The Balaban J connectivity index is 2.40. The van der Waals surface area contributed by atoms with Crippen LogP contribution in [0, 0.1) is 11.3 Å². The zero-order valence-electron chi connectivity index (χ0n) is 9.09. The van der Waals surface area contributed by atoms with Crippen molar-refractivity contribution < 1.29 is 9.59 Å². The number of rotatable bonds is 2. The summed E-state index contributed by atoms with van der Waals surface area (Å²) in [5, 5.41) is 8.80.